The number of ketones is 1. The van der Waals surface area contributed by atoms with Crippen LogP contribution in [0.25, 0.3) is 0 Å². The van der Waals surface area contributed by atoms with Gasteiger partial charge >= 0.3 is 0 Å². The highest BCUT2D eigenvalue weighted by molar-refractivity contribution is 9.11. The van der Waals surface area contributed by atoms with E-state index in [1.54, 1.807) is 12.1 Å². The van der Waals surface area contributed by atoms with Gasteiger partial charge in [0.2, 0.25) is 0 Å². The van der Waals surface area contributed by atoms with Gasteiger partial charge in [-0.15, -0.1) is 6.58 Å². The molecule has 0 N–H and O–H groups in total. The van der Waals surface area contributed by atoms with Crippen molar-refractivity contribution in [2.75, 3.05) is 0 Å². The molecule has 68 valence electrons. The van der Waals surface area contributed by atoms with Crippen molar-refractivity contribution in [3.63, 3.8) is 0 Å². The summed E-state index contributed by atoms with van der Waals surface area (Å²) in [6.45, 7) is 3.53. The zero-order chi connectivity index (χ0) is 9.84. The average molecular weight is 304 g/mol. The monoisotopic (exact) mass is 302 g/mol. The van der Waals surface area contributed by atoms with Crippen LogP contribution >= 0.6 is 31.9 Å². The van der Waals surface area contributed by atoms with E-state index in [0.29, 0.717) is 12.0 Å². The molecule has 1 aromatic carbocycles. The summed E-state index contributed by atoms with van der Waals surface area (Å²) in [6, 6.07) is 5.53. The molecule has 0 saturated carbocycles. The first-order valence-corrected chi connectivity index (χ1v) is 5.33. The Morgan fingerprint density at radius 1 is 1.46 bits per heavy atom. The van der Waals surface area contributed by atoms with Gasteiger partial charge in [0.25, 0.3) is 0 Å². The van der Waals surface area contributed by atoms with Gasteiger partial charge in [-0.05, 0) is 18.2 Å². The summed E-state index contributed by atoms with van der Waals surface area (Å²) in [6.07, 6.45) is 1.98. The second kappa shape index (κ2) is 4.72. The number of Topliss-reactive ketones (excluding diaryl/α,β-unsaturated/α-hetero) is 1. The molecule has 0 amide bonds. The molecule has 0 spiro atoms. The van der Waals surface area contributed by atoms with E-state index >= 15 is 0 Å². The standard InChI is InChI=1S/C10H8Br2O/c1-2-3-10(13)8-6-7(11)4-5-9(8)12/h2,4-6H,1,3H2. The number of carbonyl (C=O) groups is 1. The van der Waals surface area contributed by atoms with E-state index in [9.17, 15) is 4.79 Å². The zero-order valence-electron chi connectivity index (χ0n) is 6.89. The van der Waals surface area contributed by atoms with E-state index in [1.165, 1.54) is 0 Å². The van der Waals surface area contributed by atoms with Gasteiger partial charge in [0.15, 0.2) is 5.78 Å². The summed E-state index contributed by atoms with van der Waals surface area (Å²) in [7, 11) is 0. The van der Waals surface area contributed by atoms with Crippen molar-refractivity contribution in [2.24, 2.45) is 0 Å². The van der Waals surface area contributed by atoms with Gasteiger partial charge in [-0.25, -0.2) is 0 Å². The van der Waals surface area contributed by atoms with Gasteiger partial charge < -0.3 is 0 Å². The molecule has 0 radical (unpaired) electrons. The maximum absolute atomic E-state index is 11.5. The quantitative estimate of drug-likeness (QED) is 0.610. The maximum atomic E-state index is 11.5. The lowest BCUT2D eigenvalue weighted by atomic mass is 10.1. The van der Waals surface area contributed by atoms with Gasteiger partial charge in [0.05, 0.1) is 0 Å². The molecule has 1 rings (SSSR count). The number of halogens is 2. The molecule has 1 aromatic rings. The Bertz CT molecular complexity index is 345. The van der Waals surface area contributed by atoms with Gasteiger partial charge in [-0.1, -0.05) is 37.9 Å². The van der Waals surface area contributed by atoms with Gasteiger partial charge in [0.1, 0.15) is 0 Å². The molecule has 0 atom stereocenters. The minimum Gasteiger partial charge on any atom is -0.294 e. The average Bonchev–Trinajstić information content (AvgIpc) is 2.09. The predicted octanol–water partition coefficient (Wildman–Crippen LogP) is 3.97. The first-order valence-electron chi connectivity index (χ1n) is 3.74. The van der Waals surface area contributed by atoms with Crippen molar-refractivity contribution in [1.82, 2.24) is 0 Å². The number of allylic oxidation sites excluding steroid dienone is 1. The fraction of sp³-hybridized carbons (Fsp3) is 0.100. The Morgan fingerprint density at radius 3 is 2.77 bits per heavy atom. The van der Waals surface area contributed by atoms with Crippen molar-refractivity contribution < 1.29 is 4.79 Å². The molecule has 1 nitrogen and oxygen atoms in total. The molecular formula is C10H8Br2O. The summed E-state index contributed by atoms with van der Waals surface area (Å²) >= 11 is 6.64. The molecular weight excluding hydrogens is 296 g/mol. The van der Waals surface area contributed by atoms with Gasteiger partial charge in [-0.3, -0.25) is 4.79 Å². The van der Waals surface area contributed by atoms with E-state index in [-0.39, 0.29) is 5.78 Å². The molecule has 0 unspecified atom stereocenters. The Balaban J connectivity index is 3.05. The zero-order valence-corrected chi connectivity index (χ0v) is 10.1. The third-order valence-electron chi connectivity index (χ3n) is 1.56. The van der Waals surface area contributed by atoms with Crippen molar-refractivity contribution >= 4 is 37.6 Å². The largest absolute Gasteiger partial charge is 0.294 e. The lowest BCUT2D eigenvalue weighted by Gasteiger charge is -2.01. The summed E-state index contributed by atoms with van der Waals surface area (Å²) in [5.74, 6) is 0.0724. The van der Waals surface area contributed by atoms with Crippen LogP contribution in [0.3, 0.4) is 0 Å². The van der Waals surface area contributed by atoms with E-state index in [0.717, 1.165) is 8.95 Å². The van der Waals surface area contributed by atoms with Crippen LogP contribution in [0.2, 0.25) is 0 Å². The minimum atomic E-state index is 0.0724. The highest BCUT2D eigenvalue weighted by atomic mass is 79.9. The fourth-order valence-electron chi connectivity index (χ4n) is 0.952. The number of rotatable bonds is 3. The van der Waals surface area contributed by atoms with E-state index in [2.05, 4.69) is 38.4 Å². The summed E-state index contributed by atoms with van der Waals surface area (Å²) < 4.78 is 1.73. The van der Waals surface area contributed by atoms with Crippen molar-refractivity contribution in [3.8, 4) is 0 Å². The SMILES string of the molecule is C=CCC(=O)c1cc(Br)ccc1Br. The molecule has 3 heteroatoms. The Labute approximate surface area is 94.1 Å². The first kappa shape index (κ1) is 10.7. The molecule has 0 aromatic heterocycles. The van der Waals surface area contributed by atoms with Crippen LogP contribution in [0.5, 0.6) is 0 Å². The van der Waals surface area contributed by atoms with E-state index in [4.69, 9.17) is 0 Å². The van der Waals surface area contributed by atoms with E-state index < -0.39 is 0 Å². The summed E-state index contributed by atoms with van der Waals surface area (Å²) in [5, 5.41) is 0. The molecule has 0 saturated heterocycles. The van der Waals surface area contributed by atoms with Crippen LogP contribution in [-0.4, -0.2) is 5.78 Å². The normalized spacial score (nSPS) is 9.69. The lowest BCUT2D eigenvalue weighted by Crippen LogP contribution is -1.97. The highest BCUT2D eigenvalue weighted by Crippen LogP contribution is 2.22. The first-order chi connectivity index (χ1) is 6.15. The van der Waals surface area contributed by atoms with Gasteiger partial charge in [0, 0.05) is 20.9 Å². The predicted molar refractivity (Wildman–Crippen MR) is 61.0 cm³/mol. The summed E-state index contributed by atoms with van der Waals surface area (Å²) in [5.41, 5.74) is 0.689. The highest BCUT2D eigenvalue weighted by Gasteiger charge is 2.08. The number of hydrogen-bond donors (Lipinski definition) is 0. The van der Waals surface area contributed by atoms with Crippen molar-refractivity contribution in [2.45, 2.75) is 6.42 Å². The molecule has 0 aliphatic carbocycles. The number of hydrogen-bond acceptors (Lipinski definition) is 1. The second-order valence-corrected chi connectivity index (χ2v) is 4.31. The molecule has 0 fully saturated rings. The topological polar surface area (TPSA) is 17.1 Å². The fourth-order valence-corrected chi connectivity index (χ4v) is 1.78. The maximum Gasteiger partial charge on any atom is 0.167 e. The van der Waals surface area contributed by atoms with Crippen molar-refractivity contribution in [1.29, 1.82) is 0 Å². The summed E-state index contributed by atoms with van der Waals surface area (Å²) in [4.78, 5) is 11.5. The third-order valence-corrected chi connectivity index (χ3v) is 2.74. The van der Waals surface area contributed by atoms with Crippen LogP contribution in [-0.2, 0) is 0 Å². The van der Waals surface area contributed by atoms with Gasteiger partial charge in [-0.2, -0.15) is 0 Å². The minimum absolute atomic E-state index is 0.0724. The van der Waals surface area contributed by atoms with Crippen LogP contribution in [0, 0.1) is 0 Å². The number of benzene rings is 1. The third kappa shape index (κ3) is 2.78. The second-order valence-electron chi connectivity index (χ2n) is 2.54. The van der Waals surface area contributed by atoms with Crippen LogP contribution in [0.15, 0.2) is 39.8 Å². The van der Waals surface area contributed by atoms with Crippen LogP contribution in [0.4, 0.5) is 0 Å². The molecule has 0 aliphatic rings. The lowest BCUT2D eigenvalue weighted by molar-refractivity contribution is 0.0995. The Hall–Kier alpha value is -0.410. The van der Waals surface area contributed by atoms with Crippen molar-refractivity contribution in [3.05, 3.63) is 45.4 Å². The molecule has 13 heavy (non-hydrogen) atoms. The Kier molecular flexibility index (Phi) is 3.88. The molecule has 0 aliphatic heterocycles. The number of carbonyl (C=O) groups excluding carboxylic acids is 1. The van der Waals surface area contributed by atoms with E-state index in [1.807, 2.05) is 12.1 Å². The molecule has 0 bridgehead atoms. The smallest absolute Gasteiger partial charge is 0.167 e. The Morgan fingerprint density at radius 2 is 2.15 bits per heavy atom. The molecule has 0 heterocycles. The van der Waals surface area contributed by atoms with Crippen LogP contribution < -0.4 is 0 Å². The van der Waals surface area contributed by atoms with Crippen LogP contribution in [0.1, 0.15) is 16.8 Å².